The molecule has 0 atom stereocenters. The van der Waals surface area contributed by atoms with E-state index in [9.17, 15) is 22.4 Å². The maximum atomic E-state index is 13.7. The van der Waals surface area contributed by atoms with Crippen LogP contribution in [0, 0.1) is 12.7 Å². The van der Waals surface area contributed by atoms with Crippen LogP contribution in [-0.2, 0) is 0 Å². The molecular weight excluding hydrogens is 300 g/mol. The van der Waals surface area contributed by atoms with Gasteiger partial charge < -0.3 is 0 Å². The van der Waals surface area contributed by atoms with Crippen molar-refractivity contribution in [1.29, 1.82) is 0 Å². The number of nitrogens with one attached hydrogen (secondary N) is 1. The fourth-order valence-electron chi connectivity index (χ4n) is 1.32. The minimum Gasteiger partial charge on any atom is -0.274 e. The number of aryl methyl sites for hydroxylation is 1. The number of carbonyl (C=O) groups excluding carboxylic acids is 1. The number of rotatable bonds is 3. The predicted octanol–water partition coefficient (Wildman–Crippen LogP) is 2.05. The zero-order chi connectivity index (χ0) is 15.5. The Bertz CT molecular complexity index is 509. The normalized spacial score (nSPS) is 11.3. The molecule has 0 aromatic heterocycles. The van der Waals surface area contributed by atoms with Crippen molar-refractivity contribution < 1.29 is 22.4 Å². The van der Waals surface area contributed by atoms with Crippen molar-refractivity contribution in [3.8, 4) is 0 Å². The predicted molar refractivity (Wildman–Crippen MR) is 67.3 cm³/mol. The summed E-state index contributed by atoms with van der Waals surface area (Å²) in [6.07, 6.45) is -4.36. The summed E-state index contributed by atoms with van der Waals surface area (Å²) in [6, 6.07) is 1.06. The highest BCUT2D eigenvalue weighted by Crippen LogP contribution is 2.33. The van der Waals surface area contributed by atoms with Crippen LogP contribution in [0.4, 0.5) is 28.0 Å². The average molecular weight is 312 g/mol. The molecule has 5 nitrogen and oxygen atoms in total. The molecular formula is C10H12F4N4OS. The summed E-state index contributed by atoms with van der Waals surface area (Å²) in [5.41, 5.74) is 1.62. The maximum absolute atomic E-state index is 13.7. The van der Waals surface area contributed by atoms with E-state index in [0.29, 0.717) is 22.3 Å². The molecule has 0 radical (unpaired) electrons. The minimum absolute atomic E-state index is 0.166. The summed E-state index contributed by atoms with van der Waals surface area (Å²) < 4.78 is 50.2. The first-order valence-corrected chi connectivity index (χ1v) is 6.19. The van der Waals surface area contributed by atoms with E-state index in [1.807, 2.05) is 0 Å². The Labute approximate surface area is 116 Å². The van der Waals surface area contributed by atoms with Gasteiger partial charge in [0.2, 0.25) is 0 Å². The summed E-state index contributed by atoms with van der Waals surface area (Å²) in [5, 5.41) is 0.381. The van der Waals surface area contributed by atoms with Crippen LogP contribution in [-0.4, -0.2) is 18.0 Å². The Hall–Kier alpha value is -1.52. The summed E-state index contributed by atoms with van der Waals surface area (Å²) >= 11 is 0.477. The Morgan fingerprint density at radius 2 is 2.05 bits per heavy atom. The van der Waals surface area contributed by atoms with Crippen LogP contribution in [0.5, 0.6) is 0 Å². The van der Waals surface area contributed by atoms with Gasteiger partial charge in [0, 0.05) is 4.90 Å². The fraction of sp³-hybridized carbons (Fsp3) is 0.300. The monoisotopic (exact) mass is 312 g/mol. The number of alkyl halides is 3. The first-order chi connectivity index (χ1) is 9.15. The van der Waals surface area contributed by atoms with E-state index in [-0.39, 0.29) is 10.6 Å². The lowest BCUT2D eigenvalue weighted by Gasteiger charge is -2.18. The Morgan fingerprint density at radius 1 is 1.45 bits per heavy atom. The van der Waals surface area contributed by atoms with Crippen molar-refractivity contribution in [2.24, 2.45) is 11.7 Å². The molecule has 0 spiro atoms. The summed E-state index contributed by atoms with van der Waals surface area (Å²) in [5.74, 6) is 8.19. The molecule has 20 heavy (non-hydrogen) atoms. The standard InChI is InChI=1S/C10H12F4N4OS/c1-5-2-6(11)7(18(16)9(19)17-15)3-8(5)20-4-10(12,13)14/h2-3H,4,15-16H2,1H3,(H,17,19). The molecule has 0 saturated heterocycles. The smallest absolute Gasteiger partial charge is 0.274 e. The third-order valence-electron chi connectivity index (χ3n) is 2.24. The molecule has 0 fully saturated rings. The molecule has 1 aromatic carbocycles. The number of thioether (sulfide) groups is 1. The van der Waals surface area contributed by atoms with E-state index in [2.05, 4.69) is 0 Å². The molecule has 0 unspecified atom stereocenters. The first-order valence-electron chi connectivity index (χ1n) is 5.21. The number of nitrogens with zero attached hydrogens (tertiary/aromatic N) is 1. The van der Waals surface area contributed by atoms with Gasteiger partial charge in [0.15, 0.2) is 0 Å². The van der Waals surface area contributed by atoms with Crippen molar-refractivity contribution in [3.05, 3.63) is 23.5 Å². The van der Waals surface area contributed by atoms with Gasteiger partial charge in [-0.2, -0.15) is 13.2 Å². The lowest BCUT2D eigenvalue weighted by Crippen LogP contribution is -2.48. The van der Waals surface area contributed by atoms with Crippen LogP contribution in [0.15, 0.2) is 17.0 Å². The van der Waals surface area contributed by atoms with E-state index in [1.54, 1.807) is 5.43 Å². The van der Waals surface area contributed by atoms with Crippen molar-refractivity contribution in [1.82, 2.24) is 5.43 Å². The highest BCUT2D eigenvalue weighted by Gasteiger charge is 2.28. The first kappa shape index (κ1) is 16.5. The van der Waals surface area contributed by atoms with Crippen LogP contribution < -0.4 is 22.1 Å². The van der Waals surface area contributed by atoms with Gasteiger partial charge in [0.1, 0.15) is 5.82 Å². The van der Waals surface area contributed by atoms with Crippen molar-refractivity contribution in [3.63, 3.8) is 0 Å². The largest absolute Gasteiger partial charge is 0.398 e. The van der Waals surface area contributed by atoms with Crippen LogP contribution in [0.2, 0.25) is 0 Å². The highest BCUT2D eigenvalue weighted by atomic mass is 32.2. The van der Waals surface area contributed by atoms with E-state index >= 15 is 0 Å². The number of hydrazine groups is 2. The number of urea groups is 1. The molecule has 0 saturated carbocycles. The SMILES string of the molecule is Cc1cc(F)c(N(N)C(=O)NN)cc1SCC(F)(F)F. The Kier molecular flexibility index (Phi) is 5.20. The number of nitrogens with two attached hydrogens (primary N) is 2. The molecule has 10 heteroatoms. The van der Waals surface area contributed by atoms with Gasteiger partial charge in [-0.15, -0.1) is 11.8 Å². The topological polar surface area (TPSA) is 84.4 Å². The van der Waals surface area contributed by atoms with Gasteiger partial charge >= 0.3 is 12.2 Å². The zero-order valence-electron chi connectivity index (χ0n) is 10.3. The Balaban J connectivity index is 3.06. The summed E-state index contributed by atoms with van der Waals surface area (Å²) in [7, 11) is 0. The van der Waals surface area contributed by atoms with E-state index < -0.39 is 23.8 Å². The fourth-order valence-corrected chi connectivity index (χ4v) is 2.12. The van der Waals surface area contributed by atoms with Gasteiger partial charge in [-0.25, -0.2) is 25.9 Å². The Morgan fingerprint density at radius 3 is 2.55 bits per heavy atom. The average Bonchev–Trinajstić information content (AvgIpc) is 2.35. The number of amides is 2. The second-order valence-electron chi connectivity index (χ2n) is 3.79. The number of carbonyl (C=O) groups is 1. The molecule has 0 bridgehead atoms. The summed E-state index contributed by atoms with van der Waals surface area (Å²) in [6.45, 7) is 1.45. The minimum atomic E-state index is -4.36. The van der Waals surface area contributed by atoms with Crippen LogP contribution in [0.1, 0.15) is 5.56 Å². The van der Waals surface area contributed by atoms with E-state index in [4.69, 9.17) is 11.7 Å². The molecule has 0 aliphatic heterocycles. The number of anilines is 1. The number of hydrogen-bond acceptors (Lipinski definition) is 4. The van der Waals surface area contributed by atoms with Crippen molar-refractivity contribution in [2.75, 3.05) is 10.8 Å². The van der Waals surface area contributed by atoms with Gasteiger partial charge in [-0.3, -0.25) is 5.43 Å². The molecule has 1 aromatic rings. The molecule has 1 rings (SSSR count). The van der Waals surface area contributed by atoms with Gasteiger partial charge in [-0.1, -0.05) is 0 Å². The maximum Gasteiger partial charge on any atom is 0.398 e. The molecule has 0 aliphatic carbocycles. The molecule has 112 valence electrons. The van der Waals surface area contributed by atoms with Gasteiger partial charge in [0.05, 0.1) is 11.4 Å². The van der Waals surface area contributed by atoms with Gasteiger partial charge in [-0.05, 0) is 24.6 Å². The molecule has 0 aliphatic rings. The van der Waals surface area contributed by atoms with Crippen molar-refractivity contribution >= 4 is 23.5 Å². The third kappa shape index (κ3) is 4.25. The van der Waals surface area contributed by atoms with Crippen molar-refractivity contribution in [2.45, 2.75) is 18.0 Å². The summed E-state index contributed by atoms with van der Waals surface area (Å²) in [4.78, 5) is 11.4. The van der Waals surface area contributed by atoms with Crippen LogP contribution in [0.3, 0.4) is 0 Å². The second-order valence-corrected chi connectivity index (χ2v) is 4.81. The molecule has 0 heterocycles. The lowest BCUT2D eigenvalue weighted by atomic mass is 10.2. The quantitative estimate of drug-likeness (QED) is 0.262. The number of halogens is 4. The molecule has 2 amide bonds. The lowest BCUT2D eigenvalue weighted by molar-refractivity contribution is -0.105. The van der Waals surface area contributed by atoms with Crippen LogP contribution in [0.25, 0.3) is 0 Å². The van der Waals surface area contributed by atoms with Crippen LogP contribution >= 0.6 is 11.8 Å². The van der Waals surface area contributed by atoms with Gasteiger partial charge in [0.25, 0.3) is 0 Å². The third-order valence-corrected chi connectivity index (χ3v) is 3.46. The zero-order valence-corrected chi connectivity index (χ0v) is 11.1. The molecule has 5 N–H and O–H groups in total. The number of benzene rings is 1. The number of hydrogen-bond donors (Lipinski definition) is 3. The van der Waals surface area contributed by atoms with E-state index in [1.165, 1.54) is 6.92 Å². The van der Waals surface area contributed by atoms with E-state index in [0.717, 1.165) is 12.1 Å². The highest BCUT2D eigenvalue weighted by molar-refractivity contribution is 7.99. The second kappa shape index (κ2) is 6.29.